The lowest BCUT2D eigenvalue weighted by molar-refractivity contribution is -0.146. The second-order valence-electron chi connectivity index (χ2n) is 4.77. The van der Waals surface area contributed by atoms with Crippen molar-refractivity contribution in [1.82, 2.24) is 10.3 Å². The number of pyridine rings is 1. The lowest BCUT2D eigenvalue weighted by Gasteiger charge is -2.21. The molecule has 5 heteroatoms. The highest BCUT2D eigenvalue weighted by molar-refractivity contribution is 9.10. The van der Waals surface area contributed by atoms with Crippen LogP contribution in [0.2, 0.25) is 0 Å². The van der Waals surface area contributed by atoms with Gasteiger partial charge in [0.15, 0.2) is 0 Å². The van der Waals surface area contributed by atoms with E-state index in [0.29, 0.717) is 12.6 Å². The fraction of sp³-hybridized carbons (Fsp3) is 0.571. The molecule has 0 radical (unpaired) electrons. The third-order valence-corrected chi connectivity index (χ3v) is 3.77. The van der Waals surface area contributed by atoms with Crippen molar-refractivity contribution in [3.05, 3.63) is 28.5 Å². The van der Waals surface area contributed by atoms with Crippen molar-refractivity contribution in [1.29, 1.82) is 0 Å². The molecule has 0 saturated heterocycles. The van der Waals surface area contributed by atoms with E-state index in [1.807, 2.05) is 13.0 Å². The highest BCUT2D eigenvalue weighted by atomic mass is 79.9. The van der Waals surface area contributed by atoms with Crippen molar-refractivity contribution in [2.75, 3.05) is 6.61 Å². The van der Waals surface area contributed by atoms with E-state index in [0.717, 1.165) is 22.9 Å². The number of halogens is 1. The normalized spacial score (nSPS) is 17.4. The van der Waals surface area contributed by atoms with Gasteiger partial charge < -0.3 is 4.74 Å². The molecule has 1 aromatic heterocycles. The van der Waals surface area contributed by atoms with Gasteiger partial charge in [-0.3, -0.25) is 10.3 Å². The minimum absolute atomic E-state index is 0.227. The number of hydrogen-bond donors (Lipinski definition) is 1. The van der Waals surface area contributed by atoms with Gasteiger partial charge >= 0.3 is 5.97 Å². The van der Waals surface area contributed by atoms with E-state index in [1.165, 1.54) is 12.8 Å². The number of carbonyl (C=O) groups excluding carboxylic acids is 1. The first-order valence-corrected chi connectivity index (χ1v) is 7.53. The number of esters is 1. The molecule has 1 aromatic rings. The molecule has 0 amide bonds. The van der Waals surface area contributed by atoms with Gasteiger partial charge in [-0.2, -0.15) is 0 Å². The molecule has 0 aromatic carbocycles. The van der Waals surface area contributed by atoms with Gasteiger partial charge in [0.05, 0.1) is 6.61 Å². The van der Waals surface area contributed by atoms with Crippen LogP contribution in [0.25, 0.3) is 0 Å². The standard InChI is InChI=1S/C14H19BrN2O2/c1-2-19-14(18)13(17-12-5-3-4-6-12)10-7-11(15)9-16-8-10/h7-9,12-13,17H,2-6H2,1H3. The predicted molar refractivity (Wildman–Crippen MR) is 76.7 cm³/mol. The van der Waals surface area contributed by atoms with Gasteiger partial charge in [0.1, 0.15) is 6.04 Å². The minimum Gasteiger partial charge on any atom is -0.465 e. The van der Waals surface area contributed by atoms with Crippen LogP contribution in [0.4, 0.5) is 0 Å². The summed E-state index contributed by atoms with van der Waals surface area (Å²) in [4.78, 5) is 16.2. The van der Waals surface area contributed by atoms with Crippen LogP contribution in [0, 0.1) is 0 Å². The van der Waals surface area contributed by atoms with Gasteiger partial charge in [-0.15, -0.1) is 0 Å². The van der Waals surface area contributed by atoms with Gasteiger partial charge in [-0.25, -0.2) is 4.79 Å². The number of rotatable bonds is 5. The van der Waals surface area contributed by atoms with Crippen LogP contribution in [-0.4, -0.2) is 23.6 Å². The Morgan fingerprint density at radius 2 is 2.26 bits per heavy atom. The first-order valence-electron chi connectivity index (χ1n) is 6.74. The average molecular weight is 327 g/mol. The molecule has 0 bridgehead atoms. The molecule has 1 N–H and O–H groups in total. The van der Waals surface area contributed by atoms with E-state index < -0.39 is 6.04 Å². The molecular weight excluding hydrogens is 308 g/mol. The third kappa shape index (κ3) is 4.01. The third-order valence-electron chi connectivity index (χ3n) is 3.34. The molecule has 1 heterocycles. The number of carbonyl (C=O) groups is 1. The maximum Gasteiger partial charge on any atom is 0.327 e. The number of nitrogens with one attached hydrogen (secondary N) is 1. The summed E-state index contributed by atoms with van der Waals surface area (Å²) in [6.45, 7) is 2.22. The Morgan fingerprint density at radius 1 is 1.53 bits per heavy atom. The van der Waals surface area contributed by atoms with E-state index >= 15 is 0 Å². The zero-order chi connectivity index (χ0) is 13.7. The van der Waals surface area contributed by atoms with Gasteiger partial charge in [0.25, 0.3) is 0 Å². The number of hydrogen-bond acceptors (Lipinski definition) is 4. The van der Waals surface area contributed by atoms with Gasteiger partial charge in [0, 0.05) is 22.9 Å². The Labute approximate surface area is 122 Å². The molecule has 4 nitrogen and oxygen atoms in total. The van der Waals surface area contributed by atoms with Crippen molar-refractivity contribution < 1.29 is 9.53 Å². The SMILES string of the molecule is CCOC(=O)C(NC1CCCC1)c1cncc(Br)c1. The lowest BCUT2D eigenvalue weighted by atomic mass is 10.1. The largest absolute Gasteiger partial charge is 0.465 e. The number of ether oxygens (including phenoxy) is 1. The molecule has 104 valence electrons. The second-order valence-corrected chi connectivity index (χ2v) is 5.69. The molecule has 1 aliphatic rings. The van der Waals surface area contributed by atoms with Crippen LogP contribution in [0.1, 0.15) is 44.2 Å². The van der Waals surface area contributed by atoms with Gasteiger partial charge in [0.2, 0.25) is 0 Å². The molecule has 1 atom stereocenters. The number of aromatic nitrogens is 1. The molecule has 1 saturated carbocycles. The summed E-state index contributed by atoms with van der Waals surface area (Å²) < 4.78 is 6.03. The van der Waals surface area contributed by atoms with Crippen molar-refractivity contribution in [2.45, 2.75) is 44.7 Å². The van der Waals surface area contributed by atoms with Crippen LogP contribution in [-0.2, 0) is 9.53 Å². The van der Waals surface area contributed by atoms with Crippen molar-refractivity contribution in [3.8, 4) is 0 Å². The summed E-state index contributed by atoms with van der Waals surface area (Å²) in [6.07, 6.45) is 8.12. The molecular formula is C14H19BrN2O2. The van der Waals surface area contributed by atoms with Crippen molar-refractivity contribution in [3.63, 3.8) is 0 Å². The molecule has 1 fully saturated rings. The summed E-state index contributed by atoms with van der Waals surface area (Å²) in [5.41, 5.74) is 0.847. The Bertz CT molecular complexity index is 433. The molecule has 19 heavy (non-hydrogen) atoms. The minimum atomic E-state index is -0.423. The van der Waals surface area contributed by atoms with Crippen LogP contribution in [0.3, 0.4) is 0 Å². The van der Waals surface area contributed by atoms with E-state index in [9.17, 15) is 4.79 Å². The summed E-state index contributed by atoms with van der Waals surface area (Å²) in [5, 5.41) is 3.41. The van der Waals surface area contributed by atoms with E-state index in [1.54, 1.807) is 12.4 Å². The lowest BCUT2D eigenvalue weighted by Crippen LogP contribution is -2.36. The fourth-order valence-corrected chi connectivity index (χ4v) is 2.82. The van der Waals surface area contributed by atoms with Crippen LogP contribution in [0.5, 0.6) is 0 Å². The smallest absolute Gasteiger partial charge is 0.327 e. The fourth-order valence-electron chi connectivity index (χ4n) is 2.44. The molecule has 1 aliphatic carbocycles. The molecule has 0 aliphatic heterocycles. The highest BCUT2D eigenvalue weighted by Gasteiger charge is 2.27. The monoisotopic (exact) mass is 326 g/mol. The predicted octanol–water partition coefficient (Wildman–Crippen LogP) is 2.98. The Hall–Kier alpha value is -0.940. The zero-order valence-electron chi connectivity index (χ0n) is 11.1. The second kappa shape index (κ2) is 7.01. The Balaban J connectivity index is 2.15. The topological polar surface area (TPSA) is 51.2 Å². The molecule has 0 spiro atoms. The van der Waals surface area contributed by atoms with Gasteiger partial charge in [-0.1, -0.05) is 12.8 Å². The van der Waals surface area contributed by atoms with Crippen molar-refractivity contribution in [2.24, 2.45) is 0 Å². The quantitative estimate of drug-likeness (QED) is 0.845. The van der Waals surface area contributed by atoms with Crippen LogP contribution < -0.4 is 5.32 Å². The first kappa shape index (κ1) is 14.5. The maximum absolute atomic E-state index is 12.1. The van der Waals surface area contributed by atoms with Crippen LogP contribution >= 0.6 is 15.9 Å². The number of nitrogens with zero attached hydrogens (tertiary/aromatic N) is 1. The summed E-state index contributed by atoms with van der Waals surface area (Å²) in [7, 11) is 0. The Morgan fingerprint density at radius 3 is 2.89 bits per heavy atom. The Kier molecular flexibility index (Phi) is 5.34. The van der Waals surface area contributed by atoms with Gasteiger partial charge in [-0.05, 0) is 47.3 Å². The van der Waals surface area contributed by atoms with E-state index in [-0.39, 0.29) is 5.97 Å². The van der Waals surface area contributed by atoms with E-state index in [4.69, 9.17) is 4.74 Å². The summed E-state index contributed by atoms with van der Waals surface area (Å²) in [6, 6.07) is 1.89. The van der Waals surface area contributed by atoms with Crippen LogP contribution in [0.15, 0.2) is 22.9 Å². The summed E-state index contributed by atoms with van der Waals surface area (Å²) >= 11 is 3.39. The van der Waals surface area contributed by atoms with E-state index in [2.05, 4.69) is 26.2 Å². The molecule has 2 rings (SSSR count). The maximum atomic E-state index is 12.1. The zero-order valence-corrected chi connectivity index (χ0v) is 12.6. The van der Waals surface area contributed by atoms with Crippen molar-refractivity contribution >= 4 is 21.9 Å². The average Bonchev–Trinajstić information content (AvgIpc) is 2.89. The summed E-state index contributed by atoms with van der Waals surface area (Å²) in [5.74, 6) is -0.227. The molecule has 1 unspecified atom stereocenters. The first-order chi connectivity index (χ1) is 9.20. The highest BCUT2D eigenvalue weighted by Crippen LogP contribution is 2.24.